The first-order valence-corrected chi connectivity index (χ1v) is 14.2. The van der Waals surface area contributed by atoms with Crippen LogP contribution in [0.1, 0.15) is 62.2 Å². The van der Waals surface area contributed by atoms with Crippen molar-refractivity contribution in [3.63, 3.8) is 0 Å². The first kappa shape index (κ1) is 25.3. The van der Waals surface area contributed by atoms with Crippen LogP contribution in [0.25, 0.3) is 0 Å². The SMILES string of the molecule is C[C@H](CC=O)C[C@H](OC(=O)c1ccccc1P(c1ccccc1)c1ccccc1)C1CCCCC1. The third-order valence-electron chi connectivity index (χ3n) is 6.96. The first-order valence-electron chi connectivity index (χ1n) is 12.8. The molecular weight excluding hydrogens is 451 g/mol. The van der Waals surface area contributed by atoms with Gasteiger partial charge in [0.25, 0.3) is 0 Å². The van der Waals surface area contributed by atoms with Gasteiger partial charge in [0.2, 0.25) is 0 Å². The molecule has 0 aliphatic heterocycles. The summed E-state index contributed by atoms with van der Waals surface area (Å²) in [6.07, 6.45) is 7.88. The van der Waals surface area contributed by atoms with E-state index < -0.39 is 7.92 Å². The molecule has 0 saturated heterocycles. The molecule has 35 heavy (non-hydrogen) atoms. The molecule has 0 spiro atoms. The number of hydrogen-bond donors (Lipinski definition) is 0. The van der Waals surface area contributed by atoms with Crippen LogP contribution < -0.4 is 15.9 Å². The van der Waals surface area contributed by atoms with Crippen molar-refractivity contribution in [1.29, 1.82) is 0 Å². The number of rotatable bonds is 10. The van der Waals surface area contributed by atoms with Crippen molar-refractivity contribution in [1.82, 2.24) is 0 Å². The lowest BCUT2D eigenvalue weighted by Crippen LogP contribution is -2.33. The van der Waals surface area contributed by atoms with Crippen LogP contribution in [-0.2, 0) is 9.53 Å². The van der Waals surface area contributed by atoms with Crippen LogP contribution >= 0.6 is 7.92 Å². The molecule has 0 aromatic heterocycles. The second-order valence-corrected chi connectivity index (χ2v) is 11.8. The summed E-state index contributed by atoms with van der Waals surface area (Å²) in [6, 6.07) is 28.8. The molecule has 4 heteroatoms. The number of esters is 1. The lowest BCUT2D eigenvalue weighted by atomic mass is 9.81. The summed E-state index contributed by atoms with van der Waals surface area (Å²) in [5.74, 6) is 0.334. The van der Waals surface area contributed by atoms with E-state index in [1.165, 1.54) is 29.9 Å². The number of aldehydes is 1. The molecule has 3 aromatic carbocycles. The third-order valence-corrected chi connectivity index (χ3v) is 9.46. The van der Waals surface area contributed by atoms with Gasteiger partial charge in [0.15, 0.2) is 0 Å². The molecule has 1 aliphatic carbocycles. The smallest absolute Gasteiger partial charge is 0.339 e. The van der Waals surface area contributed by atoms with E-state index in [4.69, 9.17) is 4.74 Å². The molecule has 1 saturated carbocycles. The maximum atomic E-state index is 13.7. The molecule has 0 N–H and O–H groups in total. The Kier molecular flexibility index (Phi) is 9.26. The summed E-state index contributed by atoms with van der Waals surface area (Å²) < 4.78 is 6.31. The molecule has 0 heterocycles. The van der Waals surface area contributed by atoms with Gasteiger partial charge in [0.05, 0.1) is 5.56 Å². The van der Waals surface area contributed by atoms with Crippen LogP contribution in [0.5, 0.6) is 0 Å². The van der Waals surface area contributed by atoms with E-state index in [1.807, 2.05) is 30.3 Å². The van der Waals surface area contributed by atoms with Crippen molar-refractivity contribution in [2.45, 2.75) is 58.0 Å². The van der Waals surface area contributed by atoms with Crippen molar-refractivity contribution in [3.8, 4) is 0 Å². The summed E-state index contributed by atoms with van der Waals surface area (Å²) >= 11 is 0. The second kappa shape index (κ2) is 12.8. The minimum Gasteiger partial charge on any atom is -0.458 e. The van der Waals surface area contributed by atoms with Crippen LogP contribution in [0.15, 0.2) is 84.9 Å². The van der Waals surface area contributed by atoms with Gasteiger partial charge < -0.3 is 9.53 Å². The Morgan fingerprint density at radius 2 is 1.46 bits per heavy atom. The fourth-order valence-electron chi connectivity index (χ4n) is 5.12. The Labute approximate surface area is 210 Å². The van der Waals surface area contributed by atoms with Gasteiger partial charge in [0, 0.05) is 6.42 Å². The van der Waals surface area contributed by atoms with Crippen molar-refractivity contribution >= 4 is 36.1 Å². The highest BCUT2D eigenvalue weighted by Gasteiger charge is 2.30. The number of ether oxygens (including phenoxy) is 1. The third kappa shape index (κ3) is 6.67. The zero-order chi connectivity index (χ0) is 24.5. The Morgan fingerprint density at radius 3 is 2.06 bits per heavy atom. The predicted octanol–water partition coefficient (Wildman–Crippen LogP) is 6.17. The summed E-state index contributed by atoms with van der Waals surface area (Å²) in [5.41, 5.74) is 0.648. The van der Waals surface area contributed by atoms with Crippen LogP contribution in [0.2, 0.25) is 0 Å². The van der Waals surface area contributed by atoms with E-state index in [0.717, 1.165) is 30.9 Å². The normalized spacial score (nSPS) is 15.9. The molecule has 3 nitrogen and oxygen atoms in total. The summed E-state index contributed by atoms with van der Waals surface area (Å²) in [7, 11) is -0.908. The zero-order valence-corrected chi connectivity index (χ0v) is 21.4. The van der Waals surface area contributed by atoms with E-state index >= 15 is 0 Å². The lowest BCUT2D eigenvalue weighted by molar-refractivity contribution is -0.108. The summed E-state index contributed by atoms with van der Waals surface area (Å²) in [6.45, 7) is 2.08. The first-order chi connectivity index (χ1) is 17.2. The largest absolute Gasteiger partial charge is 0.458 e. The van der Waals surface area contributed by atoms with E-state index in [9.17, 15) is 9.59 Å². The molecule has 1 fully saturated rings. The Bertz CT molecular complexity index is 1040. The van der Waals surface area contributed by atoms with Crippen LogP contribution in [0, 0.1) is 11.8 Å². The number of hydrogen-bond acceptors (Lipinski definition) is 3. The maximum Gasteiger partial charge on any atom is 0.339 e. The molecule has 0 amide bonds. The van der Waals surface area contributed by atoms with Crippen LogP contribution in [0.4, 0.5) is 0 Å². The average molecular weight is 487 g/mol. The average Bonchev–Trinajstić information content (AvgIpc) is 2.91. The monoisotopic (exact) mass is 486 g/mol. The Morgan fingerprint density at radius 1 is 0.886 bits per heavy atom. The molecule has 0 unspecified atom stereocenters. The number of carbonyl (C=O) groups is 2. The number of benzene rings is 3. The lowest BCUT2D eigenvalue weighted by Gasteiger charge is -2.32. The standard InChI is InChI=1S/C31H35O3P/c1-24(21-22-32)23-29(25-13-5-2-6-14-25)34-31(33)28-19-11-12-20-30(28)35(26-15-7-3-8-16-26)27-17-9-4-10-18-27/h3-4,7-12,15-20,22,24-25,29H,2,5-6,13-14,21,23H2,1H3/t24-,29+/m1/s1. The molecular formula is C31H35O3P. The van der Waals surface area contributed by atoms with Crippen molar-refractivity contribution in [3.05, 3.63) is 90.5 Å². The van der Waals surface area contributed by atoms with Gasteiger partial charge in [-0.25, -0.2) is 4.79 Å². The van der Waals surface area contributed by atoms with Gasteiger partial charge in [-0.2, -0.15) is 0 Å². The minimum atomic E-state index is -0.908. The van der Waals surface area contributed by atoms with E-state index in [-0.39, 0.29) is 18.0 Å². The Balaban J connectivity index is 1.66. The molecule has 182 valence electrons. The highest BCUT2D eigenvalue weighted by molar-refractivity contribution is 7.80. The van der Waals surface area contributed by atoms with Gasteiger partial charge in [-0.05, 0) is 61.0 Å². The topological polar surface area (TPSA) is 43.4 Å². The van der Waals surface area contributed by atoms with Crippen molar-refractivity contribution in [2.24, 2.45) is 11.8 Å². The van der Waals surface area contributed by atoms with Crippen molar-refractivity contribution in [2.75, 3.05) is 0 Å². The van der Waals surface area contributed by atoms with E-state index in [2.05, 4.69) is 61.5 Å². The molecule has 1 aliphatic rings. The fraction of sp³-hybridized carbons (Fsp3) is 0.355. The molecule has 0 bridgehead atoms. The van der Waals surface area contributed by atoms with Crippen molar-refractivity contribution < 1.29 is 14.3 Å². The molecule has 2 atom stereocenters. The quantitative estimate of drug-likeness (QED) is 0.196. The van der Waals surface area contributed by atoms with Gasteiger partial charge in [-0.3, -0.25) is 0 Å². The highest BCUT2D eigenvalue weighted by Crippen LogP contribution is 2.35. The predicted molar refractivity (Wildman–Crippen MR) is 145 cm³/mol. The van der Waals surface area contributed by atoms with Gasteiger partial charge >= 0.3 is 5.97 Å². The van der Waals surface area contributed by atoms with Crippen LogP contribution in [-0.4, -0.2) is 18.4 Å². The zero-order valence-electron chi connectivity index (χ0n) is 20.5. The second-order valence-electron chi connectivity index (χ2n) is 9.61. The molecule has 0 radical (unpaired) electrons. The molecule has 4 rings (SSSR count). The summed E-state index contributed by atoms with van der Waals surface area (Å²) in [4.78, 5) is 24.8. The highest BCUT2D eigenvalue weighted by atomic mass is 31.1. The maximum absolute atomic E-state index is 13.7. The molecule has 3 aromatic rings. The fourth-order valence-corrected chi connectivity index (χ4v) is 7.56. The van der Waals surface area contributed by atoms with E-state index in [1.54, 1.807) is 0 Å². The number of carbonyl (C=O) groups excluding carboxylic acids is 2. The summed E-state index contributed by atoms with van der Waals surface area (Å²) in [5, 5.41) is 3.43. The van der Waals surface area contributed by atoms with Gasteiger partial charge in [-0.15, -0.1) is 0 Å². The Hall–Kier alpha value is -2.77. The van der Waals surface area contributed by atoms with Gasteiger partial charge in [0.1, 0.15) is 12.4 Å². The van der Waals surface area contributed by atoms with Gasteiger partial charge in [-0.1, -0.05) is 105 Å². The van der Waals surface area contributed by atoms with E-state index in [0.29, 0.717) is 17.9 Å². The van der Waals surface area contributed by atoms with Crippen LogP contribution in [0.3, 0.4) is 0 Å². The minimum absolute atomic E-state index is 0.148.